The molecule has 1 aromatic heterocycles. The van der Waals surface area contributed by atoms with Gasteiger partial charge in [-0.05, 0) is 19.1 Å². The molecule has 2 aromatic carbocycles. The van der Waals surface area contributed by atoms with Crippen molar-refractivity contribution in [3.05, 3.63) is 52.4 Å². The van der Waals surface area contributed by atoms with Crippen LogP contribution in [0.5, 0.6) is 5.75 Å². The number of carbonyl (C=O) groups is 2. The summed E-state index contributed by atoms with van der Waals surface area (Å²) in [6.07, 6.45) is 0. The Kier molecular flexibility index (Phi) is 5.25. The van der Waals surface area contributed by atoms with Crippen LogP contribution in [-0.4, -0.2) is 37.1 Å². The van der Waals surface area contributed by atoms with Crippen LogP contribution in [0.2, 0.25) is 5.02 Å². The molecule has 0 unspecified atom stereocenters. The van der Waals surface area contributed by atoms with Gasteiger partial charge in [0.15, 0.2) is 12.4 Å². The molecule has 0 fully saturated rings. The van der Waals surface area contributed by atoms with E-state index in [0.717, 1.165) is 5.56 Å². The van der Waals surface area contributed by atoms with Gasteiger partial charge < -0.3 is 14.4 Å². The van der Waals surface area contributed by atoms with Gasteiger partial charge in [0.25, 0.3) is 5.91 Å². The van der Waals surface area contributed by atoms with E-state index < -0.39 is 5.97 Å². The zero-order valence-electron chi connectivity index (χ0n) is 15.8. The molecule has 0 spiro atoms. The topological polar surface area (TPSA) is 68.7 Å². The highest BCUT2D eigenvalue weighted by Crippen LogP contribution is 2.45. The highest BCUT2D eigenvalue weighted by Gasteiger charge is 2.29. The number of nitrogens with zero attached hydrogens (tertiary/aromatic N) is 2. The zero-order chi connectivity index (χ0) is 20.5. The fourth-order valence-corrected chi connectivity index (χ4v) is 4.27. The maximum absolute atomic E-state index is 12.6. The molecule has 0 bridgehead atoms. The summed E-state index contributed by atoms with van der Waals surface area (Å²) in [5.74, 6) is -0.0819. The van der Waals surface area contributed by atoms with Gasteiger partial charge in [-0.2, -0.15) is 0 Å². The number of carbonyl (C=O) groups excluding carboxylic acids is 2. The first-order valence-corrected chi connectivity index (χ1v) is 10.2. The molecule has 0 atom stereocenters. The second-order valence-electron chi connectivity index (χ2n) is 6.33. The van der Waals surface area contributed by atoms with Crippen molar-refractivity contribution in [2.75, 3.05) is 25.2 Å². The second kappa shape index (κ2) is 7.85. The second-order valence-corrected chi connectivity index (χ2v) is 7.76. The third-order valence-electron chi connectivity index (χ3n) is 4.48. The van der Waals surface area contributed by atoms with Gasteiger partial charge in [0, 0.05) is 17.6 Å². The number of hydrogen-bond donors (Lipinski definition) is 0. The van der Waals surface area contributed by atoms with Crippen LogP contribution in [-0.2, 0) is 9.53 Å². The summed E-state index contributed by atoms with van der Waals surface area (Å²) in [4.78, 5) is 31.2. The third kappa shape index (κ3) is 3.59. The van der Waals surface area contributed by atoms with Gasteiger partial charge in [0.2, 0.25) is 0 Å². The standard InChI is InChI=1S/C21H17ClN2O4S/c1-3-27-21(26)19-17(12-7-5-4-6-8-12)23-20(29-19)14-9-13(22)10-15-18(14)28-11-16(25)24(15)2/h4-10H,3,11H2,1-2H3. The minimum absolute atomic E-state index is 0.0697. The number of esters is 1. The van der Waals surface area contributed by atoms with Crippen molar-refractivity contribution in [1.29, 1.82) is 0 Å². The molecule has 1 amide bonds. The molecule has 29 heavy (non-hydrogen) atoms. The first kappa shape index (κ1) is 19.4. The van der Waals surface area contributed by atoms with Crippen LogP contribution in [0.4, 0.5) is 5.69 Å². The normalized spacial score (nSPS) is 13.1. The molecule has 0 aliphatic carbocycles. The Balaban J connectivity index is 1.90. The van der Waals surface area contributed by atoms with Crippen molar-refractivity contribution < 1.29 is 19.1 Å². The van der Waals surface area contributed by atoms with E-state index in [1.165, 1.54) is 16.2 Å². The number of hydrogen-bond acceptors (Lipinski definition) is 6. The minimum Gasteiger partial charge on any atom is -0.481 e. The third-order valence-corrected chi connectivity index (χ3v) is 5.76. The van der Waals surface area contributed by atoms with Crippen LogP contribution in [0.25, 0.3) is 21.8 Å². The smallest absolute Gasteiger partial charge is 0.350 e. The molecule has 0 saturated carbocycles. The van der Waals surface area contributed by atoms with E-state index in [1.807, 2.05) is 30.3 Å². The summed E-state index contributed by atoms with van der Waals surface area (Å²) in [5.41, 5.74) is 2.54. The van der Waals surface area contributed by atoms with Gasteiger partial charge in [0.05, 0.1) is 23.6 Å². The van der Waals surface area contributed by atoms with Crippen molar-refractivity contribution in [1.82, 2.24) is 4.98 Å². The van der Waals surface area contributed by atoms with E-state index in [-0.39, 0.29) is 19.1 Å². The van der Waals surface area contributed by atoms with Crippen LogP contribution < -0.4 is 9.64 Å². The molecule has 2 heterocycles. The summed E-state index contributed by atoms with van der Waals surface area (Å²) in [6.45, 7) is 1.96. The number of halogens is 1. The fourth-order valence-electron chi connectivity index (χ4n) is 3.07. The Bertz CT molecular complexity index is 1100. The van der Waals surface area contributed by atoms with Gasteiger partial charge in [-0.1, -0.05) is 41.9 Å². The lowest BCUT2D eigenvalue weighted by atomic mass is 10.1. The largest absolute Gasteiger partial charge is 0.481 e. The summed E-state index contributed by atoms with van der Waals surface area (Å²) in [6, 6.07) is 12.8. The number of fused-ring (bicyclic) bond motifs is 1. The number of likely N-dealkylation sites (N-methyl/N-ethyl adjacent to an activating group) is 1. The monoisotopic (exact) mass is 428 g/mol. The van der Waals surface area contributed by atoms with E-state index in [9.17, 15) is 9.59 Å². The Morgan fingerprint density at radius 1 is 1.31 bits per heavy atom. The highest BCUT2D eigenvalue weighted by atomic mass is 35.5. The predicted molar refractivity (Wildman–Crippen MR) is 113 cm³/mol. The van der Waals surface area contributed by atoms with Crippen molar-refractivity contribution in [2.45, 2.75) is 6.92 Å². The number of ether oxygens (including phenoxy) is 2. The molecule has 1 aliphatic rings. The Morgan fingerprint density at radius 3 is 2.79 bits per heavy atom. The molecule has 148 valence electrons. The van der Waals surface area contributed by atoms with Gasteiger partial charge >= 0.3 is 5.97 Å². The van der Waals surface area contributed by atoms with Gasteiger partial charge in [-0.3, -0.25) is 4.79 Å². The van der Waals surface area contributed by atoms with Crippen LogP contribution in [0.15, 0.2) is 42.5 Å². The molecule has 8 heteroatoms. The van der Waals surface area contributed by atoms with E-state index in [4.69, 9.17) is 26.1 Å². The van der Waals surface area contributed by atoms with Crippen molar-refractivity contribution >= 4 is 40.5 Å². The predicted octanol–water partition coefficient (Wildman–Crippen LogP) is 4.66. The van der Waals surface area contributed by atoms with Crippen LogP contribution >= 0.6 is 22.9 Å². The Hall–Kier alpha value is -2.90. The number of aromatic nitrogens is 1. The summed E-state index contributed by atoms with van der Waals surface area (Å²) >= 11 is 7.52. The highest BCUT2D eigenvalue weighted by molar-refractivity contribution is 7.17. The van der Waals surface area contributed by atoms with Crippen molar-refractivity contribution in [2.24, 2.45) is 0 Å². The quantitative estimate of drug-likeness (QED) is 0.565. The number of thiazole rings is 1. The molecule has 4 rings (SSSR count). The number of anilines is 1. The summed E-state index contributed by atoms with van der Waals surface area (Å²) in [5, 5.41) is 1.01. The lowest BCUT2D eigenvalue weighted by Crippen LogP contribution is -2.35. The minimum atomic E-state index is -0.431. The molecule has 0 saturated heterocycles. The Labute approximate surface area is 176 Å². The average molecular weight is 429 g/mol. The summed E-state index contributed by atoms with van der Waals surface area (Å²) in [7, 11) is 1.67. The SMILES string of the molecule is CCOC(=O)c1sc(-c2cc(Cl)cc3c2OCC(=O)N3C)nc1-c1ccccc1. The fraction of sp³-hybridized carbons (Fsp3) is 0.190. The van der Waals surface area contributed by atoms with Crippen LogP contribution in [0.3, 0.4) is 0 Å². The number of rotatable bonds is 4. The average Bonchev–Trinajstić information content (AvgIpc) is 3.17. The molecule has 3 aromatic rings. The van der Waals surface area contributed by atoms with Gasteiger partial charge in [-0.25, -0.2) is 9.78 Å². The van der Waals surface area contributed by atoms with Crippen LogP contribution in [0.1, 0.15) is 16.6 Å². The van der Waals surface area contributed by atoms with Crippen molar-refractivity contribution in [3.8, 4) is 27.6 Å². The lowest BCUT2D eigenvalue weighted by molar-refractivity contribution is -0.120. The lowest BCUT2D eigenvalue weighted by Gasteiger charge is -2.27. The van der Waals surface area contributed by atoms with E-state index in [2.05, 4.69) is 0 Å². The number of benzene rings is 2. The van der Waals surface area contributed by atoms with E-state index in [1.54, 1.807) is 26.1 Å². The van der Waals surface area contributed by atoms with Crippen LogP contribution in [0, 0.1) is 0 Å². The molecule has 0 radical (unpaired) electrons. The summed E-state index contributed by atoms with van der Waals surface area (Å²) < 4.78 is 10.9. The van der Waals surface area contributed by atoms with Crippen molar-refractivity contribution in [3.63, 3.8) is 0 Å². The molecular weight excluding hydrogens is 412 g/mol. The first-order valence-electron chi connectivity index (χ1n) is 8.96. The molecule has 6 nitrogen and oxygen atoms in total. The van der Waals surface area contributed by atoms with E-state index >= 15 is 0 Å². The van der Waals surface area contributed by atoms with Gasteiger partial charge in [0.1, 0.15) is 9.88 Å². The molecule has 0 N–H and O–H groups in total. The number of amides is 1. The van der Waals surface area contributed by atoms with Gasteiger partial charge in [-0.15, -0.1) is 11.3 Å². The maximum atomic E-state index is 12.6. The molecule has 1 aliphatic heterocycles. The Morgan fingerprint density at radius 2 is 2.07 bits per heavy atom. The zero-order valence-corrected chi connectivity index (χ0v) is 17.3. The van der Waals surface area contributed by atoms with E-state index in [0.29, 0.717) is 37.6 Å². The maximum Gasteiger partial charge on any atom is 0.350 e. The molecular formula is C21H17ClN2O4S. The first-order chi connectivity index (χ1) is 14.0.